The maximum absolute atomic E-state index is 13.5. The van der Waals surface area contributed by atoms with Crippen molar-refractivity contribution in [1.82, 2.24) is 9.58 Å². The number of carbonyl (C=O) groups is 2. The summed E-state index contributed by atoms with van der Waals surface area (Å²) in [4.78, 5) is 40.0. The topological polar surface area (TPSA) is 71.8 Å². The zero-order valence-electron chi connectivity index (χ0n) is 19.4. The van der Waals surface area contributed by atoms with Crippen LogP contribution in [0.2, 0.25) is 5.02 Å². The van der Waals surface area contributed by atoms with Gasteiger partial charge in [0.1, 0.15) is 19.0 Å². The molecule has 2 aliphatic heterocycles. The van der Waals surface area contributed by atoms with E-state index in [2.05, 4.69) is 23.2 Å². The Morgan fingerprint density at radius 3 is 2.69 bits per heavy atom. The summed E-state index contributed by atoms with van der Waals surface area (Å²) in [6, 6.07) is 15.4. The highest BCUT2D eigenvalue weighted by Gasteiger charge is 2.38. The van der Waals surface area contributed by atoms with Crippen molar-refractivity contribution in [3.05, 3.63) is 97.9 Å². The first-order chi connectivity index (χ1) is 16.9. The van der Waals surface area contributed by atoms with Crippen LogP contribution in [0.3, 0.4) is 0 Å². The van der Waals surface area contributed by atoms with E-state index < -0.39 is 5.97 Å². The smallest absolute Gasteiger partial charge is 0.302 e. The molecule has 9 heteroatoms. The zero-order chi connectivity index (χ0) is 24.7. The number of benzene rings is 2. The lowest BCUT2D eigenvalue weighted by Crippen LogP contribution is -2.56. The molecule has 0 radical (unpaired) electrons. The van der Waals surface area contributed by atoms with Crippen molar-refractivity contribution in [2.75, 3.05) is 24.8 Å². The number of ether oxygens (including phenoxy) is 1. The van der Waals surface area contributed by atoms with Gasteiger partial charge >= 0.3 is 5.97 Å². The molecule has 3 aromatic rings. The van der Waals surface area contributed by atoms with Gasteiger partial charge in [0.15, 0.2) is 5.43 Å². The average molecular weight is 510 g/mol. The van der Waals surface area contributed by atoms with Crippen molar-refractivity contribution in [2.45, 2.75) is 30.5 Å². The van der Waals surface area contributed by atoms with Crippen molar-refractivity contribution in [2.24, 2.45) is 0 Å². The van der Waals surface area contributed by atoms with E-state index in [1.54, 1.807) is 34.5 Å². The highest BCUT2D eigenvalue weighted by Crippen LogP contribution is 2.45. The van der Waals surface area contributed by atoms with Gasteiger partial charge in [0.25, 0.3) is 5.91 Å². The number of hydrogen-bond donors (Lipinski definition) is 0. The summed E-state index contributed by atoms with van der Waals surface area (Å²) < 4.78 is 6.92. The predicted octanol–water partition coefficient (Wildman–Crippen LogP) is 4.12. The van der Waals surface area contributed by atoms with Crippen molar-refractivity contribution >= 4 is 35.2 Å². The largest absolute Gasteiger partial charge is 0.464 e. The number of halogens is 1. The standard InChI is InChI=1S/C26H24ClN3O4S/c1-16-22(32)10-11-29-23(16)26(33)28(12-13-34-17(2)31)15-30(29)24-19-7-4-3-6-18(19)14-35-25-20(24)8-5-9-21(25)27/h3-11,24H,12-15H2,1-2H3. The maximum Gasteiger partial charge on any atom is 0.302 e. The molecule has 0 N–H and O–H groups in total. The van der Waals surface area contributed by atoms with Crippen LogP contribution in [-0.4, -0.2) is 41.3 Å². The molecule has 5 rings (SSSR count). The van der Waals surface area contributed by atoms with Gasteiger partial charge in [0.2, 0.25) is 0 Å². The molecule has 0 spiro atoms. The first-order valence-corrected chi connectivity index (χ1v) is 12.6. The zero-order valence-corrected chi connectivity index (χ0v) is 20.9. The Bertz CT molecular complexity index is 1390. The van der Waals surface area contributed by atoms with Gasteiger partial charge in [-0.15, -0.1) is 11.8 Å². The Hall–Kier alpha value is -3.23. The molecule has 2 aliphatic rings. The van der Waals surface area contributed by atoms with Crippen LogP contribution in [0.15, 0.2) is 64.4 Å². The minimum atomic E-state index is -0.405. The molecular formula is C26H24ClN3O4S. The highest BCUT2D eigenvalue weighted by atomic mass is 35.5. The second-order valence-electron chi connectivity index (χ2n) is 8.54. The third kappa shape index (κ3) is 4.21. The van der Waals surface area contributed by atoms with Crippen molar-refractivity contribution in [3.63, 3.8) is 0 Å². The van der Waals surface area contributed by atoms with E-state index in [0.29, 0.717) is 16.3 Å². The number of hydrogen-bond acceptors (Lipinski definition) is 6. The van der Waals surface area contributed by atoms with Crippen molar-refractivity contribution in [3.8, 4) is 0 Å². The number of carbonyl (C=O) groups excluding carboxylic acids is 2. The van der Waals surface area contributed by atoms with E-state index >= 15 is 0 Å². The van der Waals surface area contributed by atoms with Crippen molar-refractivity contribution < 1.29 is 14.3 Å². The summed E-state index contributed by atoms with van der Waals surface area (Å²) in [6.45, 7) is 3.53. The average Bonchev–Trinajstić information content (AvgIpc) is 3.00. The molecule has 1 amide bonds. The molecule has 1 unspecified atom stereocenters. The monoisotopic (exact) mass is 509 g/mol. The Kier molecular flexibility index (Phi) is 6.34. The number of aromatic nitrogens is 1. The fraction of sp³-hybridized carbons (Fsp3) is 0.269. The predicted molar refractivity (Wildman–Crippen MR) is 135 cm³/mol. The normalized spacial score (nSPS) is 16.8. The molecule has 0 bridgehead atoms. The Morgan fingerprint density at radius 2 is 1.89 bits per heavy atom. The molecule has 0 saturated carbocycles. The molecule has 0 saturated heterocycles. The summed E-state index contributed by atoms with van der Waals surface area (Å²) in [6.07, 6.45) is 1.66. The van der Waals surface area contributed by atoms with Crippen LogP contribution in [0.5, 0.6) is 0 Å². The van der Waals surface area contributed by atoms with E-state index in [1.807, 2.05) is 24.3 Å². The van der Waals surface area contributed by atoms with E-state index in [9.17, 15) is 14.4 Å². The first kappa shape index (κ1) is 23.5. The number of pyridine rings is 1. The SMILES string of the molecule is CC(=O)OCCN1CN(C2c3ccccc3CSc3c(Cl)cccc32)n2ccc(=O)c(C)c2C1=O. The third-order valence-electron chi connectivity index (χ3n) is 6.38. The van der Waals surface area contributed by atoms with E-state index in [-0.39, 0.29) is 37.2 Å². The van der Waals surface area contributed by atoms with Gasteiger partial charge in [-0.1, -0.05) is 48.0 Å². The van der Waals surface area contributed by atoms with Gasteiger partial charge in [-0.3, -0.25) is 24.1 Å². The number of rotatable bonds is 4. The first-order valence-electron chi connectivity index (χ1n) is 11.3. The molecular weight excluding hydrogens is 486 g/mol. The van der Waals surface area contributed by atoms with Gasteiger partial charge in [0, 0.05) is 35.4 Å². The summed E-state index contributed by atoms with van der Waals surface area (Å²) in [5, 5.41) is 2.76. The van der Waals surface area contributed by atoms with Crippen LogP contribution in [0.4, 0.5) is 0 Å². The third-order valence-corrected chi connectivity index (χ3v) is 8.01. The van der Waals surface area contributed by atoms with Crippen LogP contribution in [0, 0.1) is 6.92 Å². The van der Waals surface area contributed by atoms with Gasteiger partial charge in [-0.25, -0.2) is 0 Å². The van der Waals surface area contributed by atoms with E-state index in [1.165, 1.54) is 18.6 Å². The van der Waals surface area contributed by atoms with Gasteiger partial charge in [-0.05, 0) is 29.7 Å². The quantitative estimate of drug-likeness (QED) is 0.493. The van der Waals surface area contributed by atoms with E-state index in [4.69, 9.17) is 16.3 Å². The maximum atomic E-state index is 13.5. The molecule has 1 aromatic heterocycles. The summed E-state index contributed by atoms with van der Waals surface area (Å²) in [7, 11) is 0. The Labute approximate surface area is 212 Å². The van der Waals surface area contributed by atoms with Crippen molar-refractivity contribution in [1.29, 1.82) is 0 Å². The Balaban J connectivity index is 1.70. The molecule has 3 heterocycles. The van der Waals surface area contributed by atoms with Gasteiger partial charge in [-0.2, -0.15) is 0 Å². The van der Waals surface area contributed by atoms with Gasteiger partial charge < -0.3 is 9.64 Å². The summed E-state index contributed by atoms with van der Waals surface area (Å²) in [5.41, 5.74) is 3.80. The number of amides is 1. The minimum absolute atomic E-state index is 0.0740. The summed E-state index contributed by atoms with van der Waals surface area (Å²) >= 11 is 8.35. The second kappa shape index (κ2) is 9.43. The fourth-order valence-electron chi connectivity index (χ4n) is 4.70. The molecule has 1 atom stereocenters. The van der Waals surface area contributed by atoms with Crippen LogP contribution in [-0.2, 0) is 15.3 Å². The Morgan fingerprint density at radius 1 is 1.11 bits per heavy atom. The molecule has 35 heavy (non-hydrogen) atoms. The molecule has 180 valence electrons. The van der Waals surface area contributed by atoms with E-state index in [0.717, 1.165) is 21.8 Å². The lowest BCUT2D eigenvalue weighted by atomic mass is 9.94. The minimum Gasteiger partial charge on any atom is -0.464 e. The van der Waals surface area contributed by atoms with Crippen LogP contribution >= 0.6 is 23.4 Å². The fourth-order valence-corrected chi connectivity index (χ4v) is 6.16. The number of esters is 1. The number of thioether (sulfide) groups is 1. The lowest BCUT2D eigenvalue weighted by Gasteiger charge is -2.44. The molecule has 2 aromatic carbocycles. The van der Waals surface area contributed by atoms with Crippen LogP contribution in [0.25, 0.3) is 0 Å². The second-order valence-corrected chi connectivity index (χ2v) is 9.93. The molecule has 7 nitrogen and oxygen atoms in total. The molecule has 0 fully saturated rings. The number of fused-ring (bicyclic) bond motifs is 3. The van der Waals surface area contributed by atoms with Gasteiger partial charge in [0.05, 0.1) is 17.6 Å². The van der Waals surface area contributed by atoms with Crippen LogP contribution < -0.4 is 10.4 Å². The lowest BCUT2D eigenvalue weighted by molar-refractivity contribution is -0.141. The summed E-state index contributed by atoms with van der Waals surface area (Å²) in [5.74, 6) is 0.0890. The highest BCUT2D eigenvalue weighted by molar-refractivity contribution is 7.98. The molecule has 0 aliphatic carbocycles. The van der Waals surface area contributed by atoms with Crippen LogP contribution in [0.1, 0.15) is 45.7 Å². The number of nitrogens with zero attached hydrogens (tertiary/aromatic N) is 3.